The zero-order chi connectivity index (χ0) is 22.2. The summed E-state index contributed by atoms with van der Waals surface area (Å²) < 4.78 is 5.39. The predicted octanol–water partition coefficient (Wildman–Crippen LogP) is 3.49. The van der Waals surface area contributed by atoms with Gasteiger partial charge in [-0.1, -0.05) is 23.2 Å². The lowest BCUT2D eigenvalue weighted by Crippen LogP contribution is -2.41. The molecule has 31 heavy (non-hydrogen) atoms. The maximum Gasteiger partial charge on any atom is 0.229 e. The Morgan fingerprint density at radius 3 is 2.52 bits per heavy atom. The molecule has 0 bridgehead atoms. The summed E-state index contributed by atoms with van der Waals surface area (Å²) in [6.07, 6.45) is 0. The average Bonchev–Trinajstić information content (AvgIpc) is 2.70. The number of aliphatic imine (C=N–C) groups is 1. The van der Waals surface area contributed by atoms with Crippen LogP contribution in [-0.2, 0) is 4.74 Å². The molecule has 0 radical (unpaired) electrons. The number of morpholine rings is 1. The van der Waals surface area contributed by atoms with E-state index in [9.17, 15) is 0 Å². The minimum Gasteiger partial charge on any atom is -0.379 e. The van der Waals surface area contributed by atoms with Crippen LogP contribution in [0.25, 0.3) is 0 Å². The van der Waals surface area contributed by atoms with Gasteiger partial charge >= 0.3 is 0 Å². The summed E-state index contributed by atoms with van der Waals surface area (Å²) >= 11 is 17.6. The van der Waals surface area contributed by atoms with Crippen molar-refractivity contribution in [3.05, 3.63) is 45.7 Å². The molecular weight excluding hydrogens is 457 g/mol. The summed E-state index contributed by atoms with van der Waals surface area (Å²) in [4.78, 5) is 15.8. The lowest BCUT2D eigenvalue weighted by Gasteiger charge is -2.25. The fourth-order valence-corrected chi connectivity index (χ4v) is 3.64. The van der Waals surface area contributed by atoms with Gasteiger partial charge in [0.05, 0.1) is 30.5 Å². The number of nitrogens with one attached hydrogen (secondary N) is 3. The third kappa shape index (κ3) is 7.86. The van der Waals surface area contributed by atoms with E-state index in [0.29, 0.717) is 39.3 Å². The van der Waals surface area contributed by atoms with E-state index in [0.717, 1.165) is 44.2 Å². The van der Waals surface area contributed by atoms with Crippen molar-refractivity contribution in [2.24, 2.45) is 4.99 Å². The molecule has 8 nitrogen and oxygen atoms in total. The normalized spacial score (nSPS) is 14.9. The summed E-state index contributed by atoms with van der Waals surface area (Å²) in [6.45, 7) is 8.52. The summed E-state index contributed by atoms with van der Waals surface area (Å²) in [5.74, 6) is 0.892. The standard InChI is InChI=1S/C20H25Cl2N7OS/c1-13-11-14(2)25-19(24-13)27-18(23-5-6-29-7-9-30-10-8-29)28-20(31)26-17-4-3-15(21)12-16(17)22/h3-4,11-12H,5-10H2,1-2H3,(H3,23,24,25,26,27,28,31). The van der Waals surface area contributed by atoms with Crippen LogP contribution in [-0.4, -0.2) is 65.3 Å². The van der Waals surface area contributed by atoms with Crippen LogP contribution in [0.5, 0.6) is 0 Å². The molecule has 1 fully saturated rings. The molecule has 2 aromatic rings. The van der Waals surface area contributed by atoms with Crippen LogP contribution in [0.1, 0.15) is 11.4 Å². The summed E-state index contributed by atoms with van der Waals surface area (Å²) in [7, 11) is 0. The third-order valence-electron chi connectivity index (χ3n) is 4.41. The zero-order valence-electron chi connectivity index (χ0n) is 17.4. The van der Waals surface area contributed by atoms with E-state index in [1.54, 1.807) is 18.2 Å². The maximum atomic E-state index is 6.23. The van der Waals surface area contributed by atoms with Crippen molar-refractivity contribution in [1.29, 1.82) is 0 Å². The number of nitrogens with zero attached hydrogens (tertiary/aromatic N) is 4. The van der Waals surface area contributed by atoms with Crippen LogP contribution in [0.2, 0.25) is 10.0 Å². The fraction of sp³-hybridized carbons (Fsp3) is 0.400. The highest BCUT2D eigenvalue weighted by atomic mass is 35.5. The van der Waals surface area contributed by atoms with Crippen molar-refractivity contribution in [2.75, 3.05) is 50.0 Å². The first-order valence-corrected chi connectivity index (χ1v) is 11.0. The molecule has 0 atom stereocenters. The highest BCUT2D eigenvalue weighted by Gasteiger charge is 2.11. The van der Waals surface area contributed by atoms with Gasteiger partial charge in [-0.2, -0.15) is 0 Å². The van der Waals surface area contributed by atoms with Crippen molar-refractivity contribution in [1.82, 2.24) is 20.2 Å². The Morgan fingerprint density at radius 1 is 1.13 bits per heavy atom. The zero-order valence-corrected chi connectivity index (χ0v) is 19.7. The Hall–Kier alpha value is -2.04. The number of halogens is 2. The van der Waals surface area contributed by atoms with E-state index in [4.69, 9.17) is 40.2 Å². The Bertz CT molecular complexity index is 931. The van der Waals surface area contributed by atoms with E-state index in [-0.39, 0.29) is 0 Å². The Labute approximate surface area is 197 Å². The molecule has 166 valence electrons. The largest absolute Gasteiger partial charge is 0.379 e. The van der Waals surface area contributed by atoms with Crippen molar-refractivity contribution < 1.29 is 4.74 Å². The number of ether oxygens (including phenoxy) is 1. The number of rotatable bonds is 5. The van der Waals surface area contributed by atoms with Crippen LogP contribution >= 0.6 is 35.4 Å². The first-order valence-electron chi connectivity index (χ1n) is 9.86. The Kier molecular flexibility index (Phi) is 8.79. The first-order chi connectivity index (χ1) is 14.9. The molecule has 0 amide bonds. The lowest BCUT2D eigenvalue weighted by molar-refractivity contribution is 0.0394. The van der Waals surface area contributed by atoms with Gasteiger partial charge in [0.2, 0.25) is 11.9 Å². The fourth-order valence-electron chi connectivity index (χ4n) is 2.98. The quantitative estimate of drug-likeness (QED) is 0.339. The molecule has 1 aromatic carbocycles. The summed E-state index contributed by atoms with van der Waals surface area (Å²) in [5.41, 5.74) is 2.35. The maximum absolute atomic E-state index is 6.23. The summed E-state index contributed by atoms with van der Waals surface area (Å²) in [5, 5.41) is 10.6. The van der Waals surface area contributed by atoms with Crippen LogP contribution in [0.4, 0.5) is 11.6 Å². The van der Waals surface area contributed by atoms with E-state index in [1.165, 1.54) is 0 Å². The number of aryl methyl sites for hydroxylation is 2. The molecule has 1 saturated heterocycles. The number of hydrogen-bond donors (Lipinski definition) is 3. The van der Waals surface area contributed by atoms with Gasteiger partial charge < -0.3 is 15.4 Å². The van der Waals surface area contributed by atoms with Crippen LogP contribution in [0.15, 0.2) is 29.3 Å². The van der Waals surface area contributed by atoms with Gasteiger partial charge in [-0.15, -0.1) is 0 Å². The number of aromatic nitrogens is 2. The van der Waals surface area contributed by atoms with Gasteiger partial charge in [-0.25, -0.2) is 9.97 Å². The molecular formula is C20H25Cl2N7OS. The second-order valence-electron chi connectivity index (χ2n) is 6.99. The van der Waals surface area contributed by atoms with Gasteiger partial charge in [0.25, 0.3) is 0 Å². The third-order valence-corrected chi connectivity index (χ3v) is 5.17. The number of anilines is 2. The molecule has 3 N–H and O–H groups in total. The predicted molar refractivity (Wildman–Crippen MR) is 131 cm³/mol. The Morgan fingerprint density at radius 2 is 1.84 bits per heavy atom. The molecule has 1 aliphatic heterocycles. The van der Waals surface area contributed by atoms with E-state index >= 15 is 0 Å². The van der Waals surface area contributed by atoms with Crippen molar-refractivity contribution in [3.8, 4) is 0 Å². The monoisotopic (exact) mass is 481 g/mol. The van der Waals surface area contributed by atoms with Crippen LogP contribution in [0.3, 0.4) is 0 Å². The molecule has 0 saturated carbocycles. The van der Waals surface area contributed by atoms with Crippen LogP contribution < -0.4 is 16.0 Å². The van der Waals surface area contributed by atoms with E-state index in [1.807, 2.05) is 19.9 Å². The summed E-state index contributed by atoms with van der Waals surface area (Å²) in [6, 6.07) is 7.04. The molecule has 11 heteroatoms. The lowest BCUT2D eigenvalue weighted by atomic mass is 10.3. The smallest absolute Gasteiger partial charge is 0.229 e. The molecule has 0 aliphatic carbocycles. The Balaban J connectivity index is 1.68. The molecule has 1 aliphatic rings. The van der Waals surface area contributed by atoms with Crippen molar-refractivity contribution >= 4 is 58.1 Å². The number of benzene rings is 1. The molecule has 2 heterocycles. The second-order valence-corrected chi connectivity index (χ2v) is 8.24. The minimum atomic E-state index is 0.325. The van der Waals surface area contributed by atoms with Crippen LogP contribution in [0, 0.1) is 13.8 Å². The van der Waals surface area contributed by atoms with Gasteiger partial charge in [0.1, 0.15) is 0 Å². The van der Waals surface area contributed by atoms with Crippen molar-refractivity contribution in [3.63, 3.8) is 0 Å². The average molecular weight is 482 g/mol. The van der Waals surface area contributed by atoms with Gasteiger partial charge in [0.15, 0.2) is 5.11 Å². The number of thiocarbonyl (C=S) groups is 1. The SMILES string of the molecule is Cc1cc(C)nc(NC(=NCCN2CCOCC2)NC(=S)Nc2ccc(Cl)cc2Cl)n1. The number of hydrogen-bond acceptors (Lipinski definition) is 6. The molecule has 1 aromatic heterocycles. The van der Waals surface area contributed by atoms with Gasteiger partial charge in [0, 0.05) is 36.0 Å². The number of guanidine groups is 1. The molecule has 0 unspecified atom stereocenters. The highest BCUT2D eigenvalue weighted by Crippen LogP contribution is 2.25. The van der Waals surface area contributed by atoms with Gasteiger partial charge in [-0.3, -0.25) is 15.2 Å². The highest BCUT2D eigenvalue weighted by molar-refractivity contribution is 7.80. The minimum absolute atomic E-state index is 0.325. The molecule has 0 spiro atoms. The molecule has 3 rings (SSSR count). The second kappa shape index (κ2) is 11.5. The van der Waals surface area contributed by atoms with E-state index in [2.05, 4.69) is 35.8 Å². The van der Waals surface area contributed by atoms with E-state index < -0.39 is 0 Å². The van der Waals surface area contributed by atoms with Gasteiger partial charge in [-0.05, 0) is 50.3 Å². The topological polar surface area (TPSA) is 86.7 Å². The first kappa shape index (κ1) is 23.6. The van der Waals surface area contributed by atoms with Crippen molar-refractivity contribution in [2.45, 2.75) is 13.8 Å².